The minimum absolute atomic E-state index is 0.190. The Kier molecular flexibility index (Phi) is 4.41. The zero-order valence-electron chi connectivity index (χ0n) is 18.7. The van der Waals surface area contributed by atoms with Crippen LogP contribution in [0.25, 0.3) is 55.4 Å². The minimum atomic E-state index is 0.190. The number of nitrogens with zero attached hydrogens (tertiary/aromatic N) is 7. The van der Waals surface area contributed by atoms with Gasteiger partial charge in [-0.3, -0.25) is 15.1 Å². The van der Waals surface area contributed by atoms with Gasteiger partial charge in [-0.05, 0) is 31.2 Å². The van der Waals surface area contributed by atoms with Crippen LogP contribution in [0, 0.1) is 6.92 Å². The molecule has 1 fully saturated rings. The highest BCUT2D eigenvalue weighted by molar-refractivity contribution is 7.15. The number of fused-ring (bicyclic) bond motifs is 2. The number of thiophene rings is 1. The number of aromatic nitrogens is 8. The van der Waals surface area contributed by atoms with Gasteiger partial charge >= 0.3 is 0 Å². The molecule has 1 aliphatic rings. The van der Waals surface area contributed by atoms with Crippen LogP contribution in [0.3, 0.4) is 0 Å². The molecule has 0 amide bonds. The second-order valence-corrected chi connectivity index (χ2v) is 9.96. The van der Waals surface area contributed by atoms with Crippen LogP contribution in [0.5, 0.6) is 0 Å². The second kappa shape index (κ2) is 7.65. The summed E-state index contributed by atoms with van der Waals surface area (Å²) >= 11 is 1.70. The molecule has 10 nitrogen and oxygen atoms in total. The van der Waals surface area contributed by atoms with E-state index in [1.807, 2.05) is 12.1 Å². The van der Waals surface area contributed by atoms with Gasteiger partial charge in [-0.1, -0.05) is 0 Å². The molecule has 1 aliphatic heterocycles. The number of H-pyrrole nitrogens is 2. The summed E-state index contributed by atoms with van der Waals surface area (Å²) < 4.78 is 0. The molecule has 0 aromatic carbocycles. The number of pyridine rings is 2. The molecule has 0 unspecified atom stereocenters. The third kappa shape index (κ3) is 3.35. The van der Waals surface area contributed by atoms with Crippen LogP contribution in [0.4, 0.5) is 5.82 Å². The highest BCUT2D eigenvalue weighted by Gasteiger charge is 2.25. The van der Waals surface area contributed by atoms with E-state index in [0.717, 1.165) is 57.2 Å². The van der Waals surface area contributed by atoms with Crippen molar-refractivity contribution in [1.82, 2.24) is 40.1 Å². The van der Waals surface area contributed by atoms with Crippen LogP contribution >= 0.6 is 11.3 Å². The SMILES string of the molecule is Cc1ccc(-c2nccc3[nH]c(-c4n[nH]c5ncc(-c6cncc(N7CC(N)C7)n6)cc45)nc23)s1. The first-order valence-electron chi connectivity index (χ1n) is 11.2. The lowest BCUT2D eigenvalue weighted by Crippen LogP contribution is -2.56. The number of nitrogens with two attached hydrogens (primary N) is 1. The molecule has 6 aromatic heterocycles. The highest BCUT2D eigenvalue weighted by atomic mass is 32.1. The van der Waals surface area contributed by atoms with Crippen LogP contribution in [0.2, 0.25) is 0 Å². The molecule has 11 heteroatoms. The van der Waals surface area contributed by atoms with Crippen LogP contribution in [-0.4, -0.2) is 59.2 Å². The average molecular weight is 481 g/mol. The van der Waals surface area contributed by atoms with Gasteiger partial charge in [0.2, 0.25) is 0 Å². The first-order valence-corrected chi connectivity index (χ1v) is 12.0. The summed E-state index contributed by atoms with van der Waals surface area (Å²) in [6.07, 6.45) is 7.08. The Morgan fingerprint density at radius 2 is 1.97 bits per heavy atom. The molecule has 0 bridgehead atoms. The zero-order valence-corrected chi connectivity index (χ0v) is 19.5. The molecule has 7 rings (SSSR count). The van der Waals surface area contributed by atoms with Gasteiger partial charge in [-0.2, -0.15) is 5.10 Å². The second-order valence-electron chi connectivity index (χ2n) is 8.67. The number of aromatic amines is 2. The van der Waals surface area contributed by atoms with Crippen LogP contribution < -0.4 is 10.6 Å². The van der Waals surface area contributed by atoms with Gasteiger partial charge in [-0.15, -0.1) is 11.3 Å². The molecule has 1 saturated heterocycles. The van der Waals surface area contributed by atoms with Crippen molar-refractivity contribution in [1.29, 1.82) is 0 Å². The van der Waals surface area contributed by atoms with Gasteiger partial charge < -0.3 is 15.6 Å². The lowest BCUT2D eigenvalue weighted by molar-refractivity contribution is 0.514. The first-order chi connectivity index (χ1) is 17.1. The van der Waals surface area contributed by atoms with E-state index in [1.165, 1.54) is 4.88 Å². The quantitative estimate of drug-likeness (QED) is 0.348. The molecule has 0 atom stereocenters. The zero-order chi connectivity index (χ0) is 23.5. The average Bonchev–Trinajstić information content (AvgIpc) is 3.59. The van der Waals surface area contributed by atoms with Gasteiger partial charge in [0.15, 0.2) is 11.5 Å². The van der Waals surface area contributed by atoms with Crippen molar-refractivity contribution in [3.63, 3.8) is 0 Å². The van der Waals surface area contributed by atoms with E-state index in [0.29, 0.717) is 17.2 Å². The maximum atomic E-state index is 5.93. The van der Waals surface area contributed by atoms with E-state index >= 15 is 0 Å². The minimum Gasteiger partial charge on any atom is -0.352 e. The Morgan fingerprint density at radius 3 is 2.80 bits per heavy atom. The molecule has 0 spiro atoms. The standard InChI is InChI=1S/C24H20N10S/c1-12-2-3-18(35-12)22-21-16(4-5-27-22)30-24(31-21)20-15-6-13(7-28-23(15)33-32-20)17-8-26-9-19(29-17)34-10-14(25)11-34/h2-9,14H,10-11,25H2,1H3,(H,30,31)(H,28,32,33). The molecule has 6 aromatic rings. The van der Waals surface area contributed by atoms with Crippen LogP contribution in [-0.2, 0) is 0 Å². The number of nitrogens with one attached hydrogen (secondary N) is 2. The van der Waals surface area contributed by atoms with E-state index in [1.54, 1.807) is 36.1 Å². The maximum absolute atomic E-state index is 5.93. The largest absolute Gasteiger partial charge is 0.352 e. The summed E-state index contributed by atoms with van der Waals surface area (Å²) in [7, 11) is 0. The number of imidazole rings is 1. The topological polar surface area (TPSA) is 138 Å². The molecule has 7 heterocycles. The molecule has 172 valence electrons. The molecule has 0 radical (unpaired) electrons. The third-order valence-electron chi connectivity index (χ3n) is 6.17. The molecule has 0 aliphatic carbocycles. The fraction of sp³-hybridized carbons (Fsp3) is 0.167. The fourth-order valence-electron chi connectivity index (χ4n) is 4.36. The summed E-state index contributed by atoms with van der Waals surface area (Å²) in [5.74, 6) is 1.47. The normalized spacial score (nSPS) is 14.2. The Morgan fingerprint density at radius 1 is 1.06 bits per heavy atom. The van der Waals surface area contributed by atoms with Crippen molar-refractivity contribution >= 4 is 39.2 Å². The summed E-state index contributed by atoms with van der Waals surface area (Å²) in [6.45, 7) is 3.66. The summed E-state index contributed by atoms with van der Waals surface area (Å²) in [5, 5.41) is 8.39. The summed E-state index contributed by atoms with van der Waals surface area (Å²) in [5.41, 5.74) is 11.5. The number of hydrogen-bond donors (Lipinski definition) is 3. The Hall–Kier alpha value is -4.22. The third-order valence-corrected chi connectivity index (χ3v) is 7.17. The van der Waals surface area contributed by atoms with Crippen molar-refractivity contribution in [3.05, 3.63) is 53.9 Å². The predicted molar refractivity (Wildman–Crippen MR) is 136 cm³/mol. The Labute approximate surface area is 203 Å². The van der Waals surface area contributed by atoms with Gasteiger partial charge in [0.05, 0.1) is 33.9 Å². The summed E-state index contributed by atoms with van der Waals surface area (Å²) in [4.78, 5) is 31.1. The summed E-state index contributed by atoms with van der Waals surface area (Å²) in [6, 6.07) is 8.31. The molecule has 35 heavy (non-hydrogen) atoms. The van der Waals surface area contributed by atoms with Crippen molar-refractivity contribution in [2.75, 3.05) is 18.0 Å². The van der Waals surface area contributed by atoms with E-state index in [4.69, 9.17) is 15.7 Å². The maximum Gasteiger partial charge on any atom is 0.159 e. The number of rotatable bonds is 4. The van der Waals surface area contributed by atoms with E-state index in [2.05, 4.69) is 54.1 Å². The molecular formula is C24H20N10S. The van der Waals surface area contributed by atoms with Crippen molar-refractivity contribution in [2.45, 2.75) is 13.0 Å². The first kappa shape index (κ1) is 20.2. The van der Waals surface area contributed by atoms with Crippen molar-refractivity contribution in [2.24, 2.45) is 5.73 Å². The van der Waals surface area contributed by atoms with E-state index in [-0.39, 0.29) is 6.04 Å². The smallest absolute Gasteiger partial charge is 0.159 e. The van der Waals surface area contributed by atoms with Gasteiger partial charge in [0.25, 0.3) is 0 Å². The number of hydrogen-bond acceptors (Lipinski definition) is 9. The monoisotopic (exact) mass is 480 g/mol. The Balaban J connectivity index is 1.31. The lowest BCUT2D eigenvalue weighted by atomic mass is 10.1. The molecule has 4 N–H and O–H groups in total. The van der Waals surface area contributed by atoms with E-state index < -0.39 is 0 Å². The number of anilines is 1. The van der Waals surface area contributed by atoms with E-state index in [9.17, 15) is 0 Å². The molecular weight excluding hydrogens is 460 g/mol. The van der Waals surface area contributed by atoms with Crippen molar-refractivity contribution < 1.29 is 0 Å². The van der Waals surface area contributed by atoms with Crippen molar-refractivity contribution in [3.8, 4) is 33.3 Å². The van der Waals surface area contributed by atoms with Gasteiger partial charge in [0.1, 0.15) is 22.7 Å². The van der Waals surface area contributed by atoms with Gasteiger partial charge in [-0.25, -0.2) is 15.0 Å². The Bertz CT molecular complexity index is 1710. The van der Waals surface area contributed by atoms with Crippen LogP contribution in [0.15, 0.2) is 49.1 Å². The number of aryl methyl sites for hydroxylation is 1. The predicted octanol–water partition coefficient (Wildman–Crippen LogP) is 3.54. The van der Waals surface area contributed by atoms with Crippen LogP contribution in [0.1, 0.15) is 4.88 Å². The van der Waals surface area contributed by atoms with Gasteiger partial charge in [0, 0.05) is 42.0 Å². The fourth-order valence-corrected chi connectivity index (χ4v) is 5.23. The lowest BCUT2D eigenvalue weighted by Gasteiger charge is -2.37. The molecule has 0 saturated carbocycles. The highest BCUT2D eigenvalue weighted by Crippen LogP contribution is 2.34.